The van der Waals surface area contributed by atoms with Gasteiger partial charge in [0.2, 0.25) is 5.91 Å². The molecule has 0 aliphatic heterocycles. The fourth-order valence-corrected chi connectivity index (χ4v) is 3.27. The molecule has 1 N–H and O–H groups in total. The van der Waals surface area contributed by atoms with Crippen LogP contribution in [-0.4, -0.2) is 25.5 Å². The Bertz CT molecular complexity index is 966. The maximum absolute atomic E-state index is 12.3. The number of rotatable bonds is 5. The van der Waals surface area contributed by atoms with E-state index in [-0.39, 0.29) is 12.5 Å². The molecular formula is C17H16BrCl2N5O. The van der Waals surface area contributed by atoms with Gasteiger partial charge in [-0.3, -0.25) is 14.2 Å². The second kappa shape index (κ2) is 7.82. The predicted molar refractivity (Wildman–Crippen MR) is 106 cm³/mol. The Labute approximate surface area is 169 Å². The molecule has 26 heavy (non-hydrogen) atoms. The average molecular weight is 457 g/mol. The van der Waals surface area contributed by atoms with E-state index in [9.17, 15) is 4.79 Å². The molecule has 0 saturated carbocycles. The average Bonchev–Trinajstić information content (AvgIpc) is 3.05. The van der Waals surface area contributed by atoms with Crippen molar-refractivity contribution in [3.63, 3.8) is 0 Å². The number of anilines is 1. The van der Waals surface area contributed by atoms with Crippen molar-refractivity contribution in [3.05, 3.63) is 61.9 Å². The van der Waals surface area contributed by atoms with Gasteiger partial charge in [-0.15, -0.1) is 0 Å². The quantitative estimate of drug-likeness (QED) is 0.616. The first-order valence-electron chi connectivity index (χ1n) is 7.79. The van der Waals surface area contributed by atoms with Crippen molar-refractivity contribution in [1.82, 2.24) is 19.6 Å². The van der Waals surface area contributed by atoms with E-state index in [1.807, 2.05) is 26.0 Å². The zero-order chi connectivity index (χ0) is 18.8. The smallest absolute Gasteiger partial charge is 0.247 e. The van der Waals surface area contributed by atoms with Crippen LogP contribution in [0.2, 0.25) is 10.0 Å². The SMILES string of the molecule is Cc1cc(C)n(CC(=O)Nc2nn(Cc3ccc(Cl)c(Cl)c3)cc2Br)n1. The molecule has 0 fully saturated rings. The van der Waals surface area contributed by atoms with Crippen LogP contribution in [0.3, 0.4) is 0 Å². The number of benzene rings is 1. The molecule has 0 bridgehead atoms. The largest absolute Gasteiger partial charge is 0.307 e. The van der Waals surface area contributed by atoms with Crippen LogP contribution < -0.4 is 5.32 Å². The van der Waals surface area contributed by atoms with Gasteiger partial charge in [0.05, 0.1) is 26.8 Å². The Balaban J connectivity index is 1.68. The van der Waals surface area contributed by atoms with E-state index in [1.54, 1.807) is 27.7 Å². The van der Waals surface area contributed by atoms with Crippen molar-refractivity contribution in [3.8, 4) is 0 Å². The molecule has 0 radical (unpaired) electrons. The molecule has 136 valence electrons. The number of aryl methyl sites for hydroxylation is 2. The maximum Gasteiger partial charge on any atom is 0.247 e. The highest BCUT2D eigenvalue weighted by molar-refractivity contribution is 9.10. The molecule has 0 spiro atoms. The van der Waals surface area contributed by atoms with E-state index in [1.165, 1.54) is 0 Å². The Kier molecular flexibility index (Phi) is 5.70. The predicted octanol–water partition coefficient (Wildman–Crippen LogP) is 4.45. The monoisotopic (exact) mass is 455 g/mol. The van der Waals surface area contributed by atoms with Crippen molar-refractivity contribution in [2.75, 3.05) is 5.32 Å². The minimum atomic E-state index is -0.198. The Morgan fingerprint density at radius 2 is 1.96 bits per heavy atom. The van der Waals surface area contributed by atoms with Crippen LogP contribution in [0.4, 0.5) is 5.82 Å². The fraction of sp³-hybridized carbons (Fsp3) is 0.235. The van der Waals surface area contributed by atoms with Gasteiger partial charge in [-0.05, 0) is 53.5 Å². The first kappa shape index (κ1) is 18.9. The van der Waals surface area contributed by atoms with E-state index >= 15 is 0 Å². The molecule has 0 atom stereocenters. The third-order valence-electron chi connectivity index (χ3n) is 3.70. The lowest BCUT2D eigenvalue weighted by atomic mass is 10.2. The molecule has 3 aromatic rings. The first-order valence-corrected chi connectivity index (χ1v) is 9.34. The van der Waals surface area contributed by atoms with E-state index in [4.69, 9.17) is 23.2 Å². The van der Waals surface area contributed by atoms with E-state index < -0.39 is 0 Å². The summed E-state index contributed by atoms with van der Waals surface area (Å²) < 4.78 is 4.06. The van der Waals surface area contributed by atoms with Crippen molar-refractivity contribution in [2.24, 2.45) is 0 Å². The summed E-state index contributed by atoms with van der Waals surface area (Å²) in [6.07, 6.45) is 1.79. The molecule has 6 nitrogen and oxygen atoms in total. The van der Waals surface area contributed by atoms with Crippen LogP contribution >= 0.6 is 39.1 Å². The highest BCUT2D eigenvalue weighted by Crippen LogP contribution is 2.24. The van der Waals surface area contributed by atoms with Gasteiger partial charge in [-0.25, -0.2) is 0 Å². The first-order chi connectivity index (χ1) is 12.3. The van der Waals surface area contributed by atoms with Crippen LogP contribution in [0, 0.1) is 13.8 Å². The lowest BCUT2D eigenvalue weighted by Gasteiger charge is -2.05. The number of hydrogen-bond acceptors (Lipinski definition) is 3. The molecule has 0 unspecified atom stereocenters. The second-order valence-electron chi connectivity index (χ2n) is 5.90. The Morgan fingerprint density at radius 1 is 1.19 bits per heavy atom. The topological polar surface area (TPSA) is 64.7 Å². The van der Waals surface area contributed by atoms with Gasteiger partial charge in [-0.2, -0.15) is 10.2 Å². The third kappa shape index (κ3) is 4.47. The van der Waals surface area contributed by atoms with Crippen LogP contribution in [0.1, 0.15) is 17.0 Å². The third-order valence-corrected chi connectivity index (χ3v) is 5.02. The van der Waals surface area contributed by atoms with Gasteiger partial charge in [0.15, 0.2) is 5.82 Å². The number of halogens is 3. The normalized spacial score (nSPS) is 11.0. The van der Waals surface area contributed by atoms with Crippen molar-refractivity contribution < 1.29 is 4.79 Å². The molecule has 2 aromatic heterocycles. The molecule has 0 aliphatic carbocycles. The molecule has 2 heterocycles. The summed E-state index contributed by atoms with van der Waals surface area (Å²) in [6.45, 7) is 4.44. The van der Waals surface area contributed by atoms with Crippen LogP contribution in [0.25, 0.3) is 0 Å². The van der Waals surface area contributed by atoms with Crippen LogP contribution in [-0.2, 0) is 17.9 Å². The molecule has 3 rings (SSSR count). The van der Waals surface area contributed by atoms with Gasteiger partial charge in [0.25, 0.3) is 0 Å². The number of nitrogens with one attached hydrogen (secondary N) is 1. The lowest BCUT2D eigenvalue weighted by molar-refractivity contribution is -0.117. The summed E-state index contributed by atoms with van der Waals surface area (Å²) in [5.41, 5.74) is 2.76. The van der Waals surface area contributed by atoms with E-state index in [2.05, 4.69) is 31.4 Å². The fourth-order valence-electron chi connectivity index (χ4n) is 2.53. The number of carbonyl (C=O) groups excluding carboxylic acids is 1. The van der Waals surface area contributed by atoms with Gasteiger partial charge in [0.1, 0.15) is 6.54 Å². The second-order valence-corrected chi connectivity index (χ2v) is 7.57. The minimum absolute atomic E-state index is 0.131. The van der Waals surface area contributed by atoms with E-state index in [0.29, 0.717) is 26.9 Å². The minimum Gasteiger partial charge on any atom is -0.307 e. The summed E-state index contributed by atoms with van der Waals surface area (Å²) in [7, 11) is 0. The van der Waals surface area contributed by atoms with Gasteiger partial charge in [-0.1, -0.05) is 29.3 Å². The van der Waals surface area contributed by atoms with Gasteiger partial charge in [0, 0.05) is 11.9 Å². The van der Waals surface area contributed by atoms with Gasteiger partial charge >= 0.3 is 0 Å². The Hall–Kier alpha value is -1.83. The summed E-state index contributed by atoms with van der Waals surface area (Å²) in [6, 6.07) is 7.34. The highest BCUT2D eigenvalue weighted by atomic mass is 79.9. The summed E-state index contributed by atoms with van der Waals surface area (Å²) in [5.74, 6) is 0.258. The molecule has 1 amide bonds. The number of amides is 1. The number of carbonyl (C=O) groups is 1. The molecule has 0 aliphatic rings. The molecule has 0 saturated heterocycles. The zero-order valence-electron chi connectivity index (χ0n) is 14.1. The van der Waals surface area contributed by atoms with Crippen molar-refractivity contribution in [1.29, 1.82) is 0 Å². The summed E-state index contributed by atoms with van der Waals surface area (Å²) >= 11 is 15.4. The number of hydrogen-bond donors (Lipinski definition) is 1. The molecule has 9 heteroatoms. The molecular weight excluding hydrogens is 441 g/mol. The highest BCUT2D eigenvalue weighted by Gasteiger charge is 2.13. The zero-order valence-corrected chi connectivity index (χ0v) is 17.2. The van der Waals surface area contributed by atoms with Crippen molar-refractivity contribution in [2.45, 2.75) is 26.9 Å². The maximum atomic E-state index is 12.3. The Morgan fingerprint density at radius 3 is 2.62 bits per heavy atom. The lowest BCUT2D eigenvalue weighted by Crippen LogP contribution is -2.21. The standard InChI is InChI=1S/C17H16BrCl2N5O/c1-10-5-11(2)25(22-10)9-16(26)21-17-13(18)8-24(23-17)7-12-3-4-14(19)15(20)6-12/h3-6,8H,7,9H2,1-2H3,(H,21,23,26). The summed E-state index contributed by atoms with van der Waals surface area (Å²) in [5, 5.41) is 12.5. The van der Waals surface area contributed by atoms with Gasteiger partial charge < -0.3 is 5.32 Å². The molecule has 1 aromatic carbocycles. The number of nitrogens with zero attached hydrogens (tertiary/aromatic N) is 4. The van der Waals surface area contributed by atoms with Crippen LogP contribution in [0.5, 0.6) is 0 Å². The van der Waals surface area contributed by atoms with Crippen LogP contribution in [0.15, 0.2) is 34.9 Å². The summed E-state index contributed by atoms with van der Waals surface area (Å²) in [4.78, 5) is 12.3. The van der Waals surface area contributed by atoms with Crippen molar-refractivity contribution >= 4 is 50.9 Å². The van der Waals surface area contributed by atoms with E-state index in [0.717, 1.165) is 17.0 Å². The number of aromatic nitrogens is 4.